The Hall–Kier alpha value is -1.39. The van der Waals surface area contributed by atoms with Crippen molar-refractivity contribution < 1.29 is 9.62 Å². The van der Waals surface area contributed by atoms with Gasteiger partial charge in [-0.3, -0.25) is 0 Å². The van der Waals surface area contributed by atoms with Crippen LogP contribution in [0.3, 0.4) is 0 Å². The number of aromatic nitrogens is 1. The Bertz CT molecular complexity index is 497. The van der Waals surface area contributed by atoms with Gasteiger partial charge >= 0.3 is 0 Å². The van der Waals surface area contributed by atoms with Crippen LogP contribution >= 0.6 is 0 Å². The van der Waals surface area contributed by atoms with Gasteiger partial charge in [0.25, 0.3) is 0 Å². The molecule has 0 aliphatic rings. The highest BCUT2D eigenvalue weighted by atomic mass is 16.5. The fourth-order valence-electron chi connectivity index (χ4n) is 1.50. The molecule has 16 heavy (non-hydrogen) atoms. The minimum absolute atomic E-state index is 0.0889. The molecule has 0 unspecified atom stereocenters. The molecule has 0 saturated carbocycles. The molecule has 86 valence electrons. The van der Waals surface area contributed by atoms with Gasteiger partial charge in [-0.2, -0.15) is 0 Å². The highest BCUT2D eigenvalue weighted by Crippen LogP contribution is 2.26. The Kier molecular flexibility index (Phi) is 2.69. The summed E-state index contributed by atoms with van der Waals surface area (Å²) in [5.74, 6) is 0.733. The minimum Gasteiger partial charge on any atom is -0.440 e. The van der Waals surface area contributed by atoms with Crippen molar-refractivity contribution in [2.45, 2.75) is 32.7 Å². The van der Waals surface area contributed by atoms with Crippen molar-refractivity contribution in [3.05, 3.63) is 29.7 Å². The number of hydrogen-bond donors (Lipinski definition) is 2. The van der Waals surface area contributed by atoms with Crippen LogP contribution in [0.5, 0.6) is 0 Å². The molecule has 2 rings (SSSR count). The first-order chi connectivity index (χ1) is 7.50. The van der Waals surface area contributed by atoms with Crippen LogP contribution in [0.2, 0.25) is 0 Å². The van der Waals surface area contributed by atoms with Gasteiger partial charge in [0.2, 0.25) is 5.89 Å². The molecule has 0 radical (unpaired) electrons. The normalized spacial score (nSPS) is 12.2. The first-order valence-electron chi connectivity index (χ1n) is 5.27. The van der Waals surface area contributed by atoms with Gasteiger partial charge in [-0.05, 0) is 17.7 Å². The number of oxazole rings is 1. The molecule has 0 aliphatic carbocycles. The van der Waals surface area contributed by atoms with E-state index in [0.29, 0.717) is 6.54 Å². The Morgan fingerprint density at radius 3 is 2.75 bits per heavy atom. The second kappa shape index (κ2) is 3.88. The molecule has 4 nitrogen and oxygen atoms in total. The van der Waals surface area contributed by atoms with Gasteiger partial charge in [0.15, 0.2) is 5.58 Å². The van der Waals surface area contributed by atoms with Gasteiger partial charge in [-0.15, -0.1) is 0 Å². The predicted molar refractivity (Wildman–Crippen MR) is 61.3 cm³/mol. The van der Waals surface area contributed by atoms with E-state index in [1.54, 1.807) is 0 Å². The monoisotopic (exact) mass is 220 g/mol. The minimum atomic E-state index is -0.0889. The second-order valence-electron chi connectivity index (χ2n) is 4.91. The lowest BCUT2D eigenvalue weighted by atomic mass is 9.97. The van der Waals surface area contributed by atoms with E-state index in [4.69, 9.17) is 9.62 Å². The van der Waals surface area contributed by atoms with Crippen molar-refractivity contribution in [1.29, 1.82) is 0 Å². The first kappa shape index (κ1) is 11.1. The van der Waals surface area contributed by atoms with Crippen LogP contribution < -0.4 is 5.48 Å². The summed E-state index contributed by atoms with van der Waals surface area (Å²) in [6.07, 6.45) is 0. The Balaban J connectivity index is 2.46. The summed E-state index contributed by atoms with van der Waals surface area (Å²) in [4.78, 5) is 4.45. The molecule has 0 aliphatic heterocycles. The smallest absolute Gasteiger partial charge is 0.200 e. The summed E-state index contributed by atoms with van der Waals surface area (Å²) in [5, 5.41) is 8.63. The molecule has 1 aromatic heterocycles. The molecular weight excluding hydrogens is 204 g/mol. The van der Waals surface area contributed by atoms with E-state index in [1.165, 1.54) is 0 Å². The topological polar surface area (TPSA) is 58.3 Å². The van der Waals surface area contributed by atoms with E-state index in [1.807, 2.05) is 18.2 Å². The molecular formula is C12H16N2O2. The number of benzene rings is 1. The molecule has 0 amide bonds. The zero-order valence-corrected chi connectivity index (χ0v) is 9.74. The number of nitrogens with zero attached hydrogens (tertiary/aromatic N) is 1. The highest BCUT2D eigenvalue weighted by Gasteiger charge is 2.20. The van der Waals surface area contributed by atoms with E-state index in [-0.39, 0.29) is 5.41 Å². The van der Waals surface area contributed by atoms with Crippen LogP contribution in [-0.2, 0) is 12.0 Å². The van der Waals surface area contributed by atoms with Crippen molar-refractivity contribution in [2.75, 3.05) is 0 Å². The lowest BCUT2D eigenvalue weighted by molar-refractivity contribution is 0.161. The summed E-state index contributed by atoms with van der Waals surface area (Å²) in [6.45, 7) is 6.60. The standard InChI is InChI=1S/C12H16N2O2/c1-12(2,3)11-14-9-6-8(7-13-15)4-5-10(9)16-11/h4-6,13,15H,7H2,1-3H3. The van der Waals surface area contributed by atoms with Crippen LogP contribution in [-0.4, -0.2) is 10.2 Å². The fourth-order valence-corrected chi connectivity index (χ4v) is 1.50. The summed E-state index contributed by atoms with van der Waals surface area (Å²) >= 11 is 0. The highest BCUT2D eigenvalue weighted by molar-refractivity contribution is 5.73. The quantitative estimate of drug-likeness (QED) is 0.764. The zero-order valence-electron chi connectivity index (χ0n) is 9.74. The molecule has 0 fully saturated rings. The van der Waals surface area contributed by atoms with Crippen molar-refractivity contribution in [3.63, 3.8) is 0 Å². The Morgan fingerprint density at radius 2 is 2.12 bits per heavy atom. The van der Waals surface area contributed by atoms with Gasteiger partial charge in [-0.25, -0.2) is 10.5 Å². The van der Waals surface area contributed by atoms with Crippen LogP contribution in [0.25, 0.3) is 11.1 Å². The zero-order chi connectivity index (χ0) is 11.8. The summed E-state index contributed by atoms with van der Waals surface area (Å²) in [6, 6.07) is 5.70. The second-order valence-corrected chi connectivity index (χ2v) is 4.91. The number of rotatable bonds is 2. The lowest BCUT2D eigenvalue weighted by Crippen LogP contribution is -2.11. The SMILES string of the molecule is CC(C)(C)c1nc2cc(CNO)ccc2o1. The van der Waals surface area contributed by atoms with Crippen molar-refractivity contribution in [1.82, 2.24) is 10.5 Å². The van der Waals surface area contributed by atoms with Crippen molar-refractivity contribution >= 4 is 11.1 Å². The molecule has 4 heteroatoms. The molecule has 1 aromatic carbocycles. The Labute approximate surface area is 94.2 Å². The third-order valence-electron chi connectivity index (χ3n) is 2.38. The van der Waals surface area contributed by atoms with Crippen molar-refractivity contribution in [2.24, 2.45) is 0 Å². The summed E-state index contributed by atoms with van der Waals surface area (Å²) in [7, 11) is 0. The first-order valence-corrected chi connectivity index (χ1v) is 5.27. The van der Waals surface area contributed by atoms with Crippen LogP contribution in [0.1, 0.15) is 32.2 Å². The molecule has 0 spiro atoms. The largest absolute Gasteiger partial charge is 0.440 e. The van der Waals surface area contributed by atoms with E-state index < -0.39 is 0 Å². The molecule has 1 heterocycles. The number of fused-ring (bicyclic) bond motifs is 1. The number of nitrogens with one attached hydrogen (secondary N) is 1. The maximum absolute atomic E-state index is 8.63. The third-order valence-corrected chi connectivity index (χ3v) is 2.38. The lowest BCUT2D eigenvalue weighted by Gasteiger charge is -2.11. The van der Waals surface area contributed by atoms with Gasteiger partial charge in [0, 0.05) is 12.0 Å². The Morgan fingerprint density at radius 1 is 1.38 bits per heavy atom. The van der Waals surface area contributed by atoms with Gasteiger partial charge in [0.05, 0.1) is 0 Å². The van der Waals surface area contributed by atoms with E-state index in [9.17, 15) is 0 Å². The summed E-state index contributed by atoms with van der Waals surface area (Å²) < 4.78 is 5.67. The molecule has 0 bridgehead atoms. The molecule has 2 aromatic rings. The van der Waals surface area contributed by atoms with Gasteiger partial charge in [0.1, 0.15) is 5.52 Å². The maximum atomic E-state index is 8.63. The average Bonchev–Trinajstić information content (AvgIpc) is 2.60. The number of hydrogen-bond acceptors (Lipinski definition) is 4. The van der Waals surface area contributed by atoms with Crippen LogP contribution in [0.4, 0.5) is 0 Å². The average molecular weight is 220 g/mol. The number of hydroxylamine groups is 1. The molecule has 0 saturated heterocycles. The van der Waals surface area contributed by atoms with E-state index >= 15 is 0 Å². The van der Waals surface area contributed by atoms with E-state index in [2.05, 4.69) is 31.2 Å². The predicted octanol–water partition coefficient (Wildman–Crippen LogP) is 2.60. The fraction of sp³-hybridized carbons (Fsp3) is 0.417. The molecule has 0 atom stereocenters. The van der Waals surface area contributed by atoms with Crippen LogP contribution in [0, 0.1) is 0 Å². The van der Waals surface area contributed by atoms with Gasteiger partial charge < -0.3 is 9.62 Å². The summed E-state index contributed by atoms with van der Waals surface area (Å²) in [5.41, 5.74) is 4.63. The van der Waals surface area contributed by atoms with Crippen molar-refractivity contribution in [3.8, 4) is 0 Å². The third kappa shape index (κ3) is 2.08. The van der Waals surface area contributed by atoms with E-state index in [0.717, 1.165) is 22.6 Å². The maximum Gasteiger partial charge on any atom is 0.200 e. The molecule has 2 N–H and O–H groups in total. The van der Waals surface area contributed by atoms with Crippen LogP contribution in [0.15, 0.2) is 22.6 Å². The van der Waals surface area contributed by atoms with Gasteiger partial charge in [-0.1, -0.05) is 26.8 Å².